The van der Waals surface area contributed by atoms with Crippen molar-refractivity contribution in [3.8, 4) is 12.0 Å². The van der Waals surface area contributed by atoms with Crippen LogP contribution in [0.1, 0.15) is 5.56 Å². The maximum absolute atomic E-state index is 13.8. The van der Waals surface area contributed by atoms with Crippen molar-refractivity contribution < 1.29 is 44.6 Å². The average Bonchev–Trinajstić information content (AvgIpc) is 3.16. The van der Waals surface area contributed by atoms with E-state index in [9.17, 15) is 35.2 Å². The second kappa shape index (κ2) is 8.74. The molecule has 2 rings (SSSR count). The number of allylic oxidation sites excluding steroid dienone is 1. The van der Waals surface area contributed by atoms with Crippen molar-refractivity contribution in [2.75, 3.05) is 19.5 Å². The molecule has 2 aromatic rings. The predicted molar refractivity (Wildman–Crippen MR) is 91.8 cm³/mol. The third-order valence-corrected chi connectivity index (χ3v) is 5.78. The number of sulfonamides is 1. The summed E-state index contributed by atoms with van der Waals surface area (Å²) in [6, 6.07) is -1.45. The number of aromatic nitrogens is 3. The maximum Gasteiger partial charge on any atom is 0.445 e. The first-order valence-electron chi connectivity index (χ1n) is 7.27. The first-order chi connectivity index (χ1) is 13.9. The molecular formula is C13H10F5N5O5S2. The van der Waals surface area contributed by atoms with Gasteiger partial charge < -0.3 is 9.47 Å². The van der Waals surface area contributed by atoms with Gasteiger partial charge in [-0.25, -0.2) is 22.3 Å². The van der Waals surface area contributed by atoms with E-state index < -0.39 is 49.6 Å². The molecule has 17 heteroatoms. The quantitative estimate of drug-likeness (QED) is 0.610. The van der Waals surface area contributed by atoms with Gasteiger partial charge in [0, 0.05) is 5.56 Å². The van der Waals surface area contributed by atoms with Crippen LogP contribution >= 0.6 is 11.3 Å². The topological polar surface area (TPSA) is 132 Å². The number of carbonyl (C=O) groups excluding carboxylic acids is 1. The number of carbonyl (C=O) groups is 1. The minimum atomic E-state index is -5.67. The van der Waals surface area contributed by atoms with Crippen LogP contribution in [0.25, 0.3) is 5.83 Å². The summed E-state index contributed by atoms with van der Waals surface area (Å²) in [5.74, 6) is -6.07. The Morgan fingerprint density at radius 3 is 2.17 bits per heavy atom. The average molecular weight is 475 g/mol. The number of urea groups is 1. The number of anilines is 1. The Labute approximate surface area is 168 Å². The molecule has 0 spiro atoms. The molecule has 2 aromatic heterocycles. The van der Waals surface area contributed by atoms with Crippen LogP contribution in [0.4, 0.5) is 32.7 Å². The van der Waals surface area contributed by atoms with Gasteiger partial charge in [0.05, 0.1) is 14.2 Å². The summed E-state index contributed by atoms with van der Waals surface area (Å²) in [6.45, 7) is 0. The fourth-order valence-corrected chi connectivity index (χ4v) is 4.03. The summed E-state index contributed by atoms with van der Waals surface area (Å²) in [6.07, 6.45) is -5.67. The number of methoxy groups -OCH3 is 2. The van der Waals surface area contributed by atoms with Crippen molar-refractivity contribution in [1.29, 1.82) is 0 Å². The van der Waals surface area contributed by atoms with Crippen LogP contribution < -0.4 is 19.5 Å². The van der Waals surface area contributed by atoms with Crippen LogP contribution in [0.3, 0.4) is 0 Å². The molecule has 2 N–H and O–H groups in total. The Morgan fingerprint density at radius 1 is 1.10 bits per heavy atom. The smallest absolute Gasteiger partial charge is 0.445 e. The largest absolute Gasteiger partial charge is 0.467 e. The zero-order valence-corrected chi connectivity index (χ0v) is 16.4. The summed E-state index contributed by atoms with van der Waals surface area (Å²) < 4.78 is 98.4. The highest BCUT2D eigenvalue weighted by Gasteiger charge is 2.40. The Morgan fingerprint density at radius 2 is 1.67 bits per heavy atom. The molecule has 30 heavy (non-hydrogen) atoms. The summed E-state index contributed by atoms with van der Waals surface area (Å²) in [5.41, 5.74) is -1.21. The molecule has 164 valence electrons. The van der Waals surface area contributed by atoms with Gasteiger partial charge in [-0.3, -0.25) is 5.32 Å². The lowest BCUT2D eigenvalue weighted by Gasteiger charge is -2.10. The number of alkyl halides is 3. The fraction of sp³-hybridized carbons (Fsp3) is 0.231. The minimum Gasteiger partial charge on any atom is -0.467 e. The highest BCUT2D eigenvalue weighted by Crippen LogP contribution is 2.38. The highest BCUT2D eigenvalue weighted by atomic mass is 32.2. The molecule has 0 atom stereocenters. The van der Waals surface area contributed by atoms with Crippen molar-refractivity contribution >= 4 is 39.2 Å². The molecular weight excluding hydrogens is 465 g/mol. The molecule has 0 saturated carbocycles. The number of nitrogens with one attached hydrogen (secondary N) is 2. The third kappa shape index (κ3) is 5.29. The number of hydrogen-bond acceptors (Lipinski definition) is 9. The van der Waals surface area contributed by atoms with Crippen LogP contribution in [0.15, 0.2) is 21.5 Å². The Kier molecular flexibility index (Phi) is 6.76. The first kappa shape index (κ1) is 23.2. The first-order valence-corrected chi connectivity index (χ1v) is 9.63. The molecule has 0 bridgehead atoms. The number of halogens is 5. The summed E-state index contributed by atoms with van der Waals surface area (Å²) in [7, 11) is -2.54. The van der Waals surface area contributed by atoms with E-state index in [1.165, 1.54) is 18.9 Å². The highest BCUT2D eigenvalue weighted by molar-refractivity contribution is 7.92. The zero-order chi connectivity index (χ0) is 22.7. The van der Waals surface area contributed by atoms with E-state index in [2.05, 4.69) is 15.0 Å². The molecule has 10 nitrogen and oxygen atoms in total. The number of rotatable bonds is 6. The second-order valence-electron chi connectivity index (χ2n) is 4.94. The lowest BCUT2D eigenvalue weighted by atomic mass is 10.2. The van der Waals surface area contributed by atoms with Crippen molar-refractivity contribution in [3.63, 3.8) is 0 Å². The van der Waals surface area contributed by atoms with Gasteiger partial charge >= 0.3 is 24.2 Å². The molecule has 0 aliphatic rings. The standard InChI is InChI=1S/C13H10F5N5O5S2/c1-27-11-20-9(21-12(22-11)28-2)19-10(24)23-30(25,26)8-5(3-4-29-8)6(14)7(15)13(16,17)18/h3-4H,1-2H3,(H2,19,20,21,22,23,24)/b7-6-. The molecule has 0 saturated heterocycles. The van der Waals surface area contributed by atoms with Crippen LogP contribution in [0.2, 0.25) is 0 Å². The molecule has 0 aliphatic heterocycles. The molecule has 0 aromatic carbocycles. The van der Waals surface area contributed by atoms with Gasteiger partial charge in [-0.05, 0) is 11.4 Å². The monoisotopic (exact) mass is 475 g/mol. The predicted octanol–water partition coefficient (Wildman–Crippen LogP) is 2.63. The third-order valence-electron chi connectivity index (χ3n) is 2.96. The number of amides is 2. The van der Waals surface area contributed by atoms with Gasteiger partial charge in [0.15, 0.2) is 10.0 Å². The zero-order valence-electron chi connectivity index (χ0n) is 14.7. The summed E-state index contributed by atoms with van der Waals surface area (Å²) >= 11 is 0.253. The molecule has 2 heterocycles. The van der Waals surface area contributed by atoms with E-state index in [1.807, 2.05) is 5.32 Å². The maximum atomic E-state index is 13.8. The van der Waals surface area contributed by atoms with Gasteiger partial charge in [0.25, 0.3) is 10.0 Å². The van der Waals surface area contributed by atoms with Crippen molar-refractivity contribution in [2.24, 2.45) is 0 Å². The lowest BCUT2D eigenvalue weighted by Crippen LogP contribution is -2.35. The Bertz CT molecular complexity index is 1060. The Hall–Kier alpha value is -3.08. The minimum absolute atomic E-state index is 0.253. The van der Waals surface area contributed by atoms with Crippen LogP contribution in [-0.4, -0.2) is 49.8 Å². The van der Waals surface area contributed by atoms with Crippen LogP contribution in [-0.2, 0) is 10.0 Å². The SMILES string of the molecule is COc1nc(NC(=O)NS(=O)(=O)c2sccc2/C(F)=C(/F)C(F)(F)F)nc(OC)n1. The lowest BCUT2D eigenvalue weighted by molar-refractivity contribution is -0.108. The van der Waals surface area contributed by atoms with Gasteiger partial charge in [0.2, 0.25) is 11.8 Å². The van der Waals surface area contributed by atoms with Crippen molar-refractivity contribution in [1.82, 2.24) is 19.7 Å². The van der Waals surface area contributed by atoms with E-state index in [0.29, 0.717) is 6.07 Å². The van der Waals surface area contributed by atoms with E-state index in [1.54, 1.807) is 0 Å². The number of nitrogens with zero attached hydrogens (tertiary/aromatic N) is 3. The molecule has 0 unspecified atom stereocenters. The number of thiophene rings is 1. The van der Waals surface area contributed by atoms with Gasteiger partial charge in [-0.1, -0.05) is 0 Å². The van der Waals surface area contributed by atoms with E-state index in [0.717, 1.165) is 5.38 Å². The van der Waals surface area contributed by atoms with Gasteiger partial charge in [-0.2, -0.15) is 27.5 Å². The normalized spacial score (nSPS) is 12.8. The summed E-state index contributed by atoms with van der Waals surface area (Å²) in [4.78, 5) is 22.8. The number of ether oxygens (including phenoxy) is 2. The van der Waals surface area contributed by atoms with Gasteiger partial charge in [-0.15, -0.1) is 16.3 Å². The van der Waals surface area contributed by atoms with E-state index in [-0.39, 0.29) is 23.4 Å². The van der Waals surface area contributed by atoms with Crippen LogP contribution in [0.5, 0.6) is 12.0 Å². The fourth-order valence-electron chi connectivity index (χ4n) is 1.78. The molecule has 0 aliphatic carbocycles. The van der Waals surface area contributed by atoms with Crippen LogP contribution in [0, 0.1) is 0 Å². The van der Waals surface area contributed by atoms with Crippen molar-refractivity contribution in [3.05, 3.63) is 22.8 Å². The number of hydrogen-bond donors (Lipinski definition) is 2. The Balaban J connectivity index is 2.29. The van der Waals surface area contributed by atoms with Crippen molar-refractivity contribution in [2.45, 2.75) is 10.4 Å². The second-order valence-corrected chi connectivity index (χ2v) is 7.73. The molecule has 0 fully saturated rings. The van der Waals surface area contributed by atoms with E-state index in [4.69, 9.17) is 9.47 Å². The van der Waals surface area contributed by atoms with E-state index >= 15 is 0 Å². The van der Waals surface area contributed by atoms with Gasteiger partial charge in [0.1, 0.15) is 0 Å². The molecule has 0 radical (unpaired) electrons. The summed E-state index contributed by atoms with van der Waals surface area (Å²) in [5, 5.41) is 2.79. The molecule has 2 amide bonds.